The van der Waals surface area contributed by atoms with Crippen molar-refractivity contribution in [3.05, 3.63) is 0 Å². The van der Waals surface area contributed by atoms with E-state index in [9.17, 15) is 9.59 Å². The highest BCUT2D eigenvalue weighted by atomic mass is 16.5. The van der Waals surface area contributed by atoms with Crippen molar-refractivity contribution in [3.8, 4) is 0 Å². The number of aliphatic hydroxyl groups excluding tert-OH is 1. The smallest absolute Gasteiger partial charge is 0.225 e. The Balaban J connectivity index is 2.06. The van der Waals surface area contributed by atoms with Gasteiger partial charge in [0.1, 0.15) is 0 Å². The second-order valence-corrected chi connectivity index (χ2v) is 3.33. The molecule has 6 heteroatoms. The number of rotatable bonds is 6. The van der Waals surface area contributed by atoms with Crippen LogP contribution in [-0.2, 0) is 14.3 Å². The molecule has 15 heavy (non-hydrogen) atoms. The van der Waals surface area contributed by atoms with Crippen LogP contribution in [0.4, 0.5) is 0 Å². The molecule has 1 saturated heterocycles. The van der Waals surface area contributed by atoms with E-state index in [1.165, 1.54) is 0 Å². The van der Waals surface area contributed by atoms with Gasteiger partial charge in [-0.1, -0.05) is 0 Å². The number of aliphatic hydroxyl groups is 1. The first-order valence-corrected chi connectivity index (χ1v) is 4.97. The summed E-state index contributed by atoms with van der Waals surface area (Å²) < 4.78 is 4.97. The van der Waals surface area contributed by atoms with E-state index >= 15 is 0 Å². The first-order valence-electron chi connectivity index (χ1n) is 4.97. The summed E-state index contributed by atoms with van der Waals surface area (Å²) in [4.78, 5) is 22.2. The first-order chi connectivity index (χ1) is 7.24. The number of amides is 2. The molecule has 0 saturated carbocycles. The summed E-state index contributed by atoms with van der Waals surface area (Å²) in [7, 11) is 0. The van der Waals surface area contributed by atoms with Gasteiger partial charge in [-0.15, -0.1) is 0 Å². The van der Waals surface area contributed by atoms with E-state index in [1.54, 1.807) is 0 Å². The molecule has 0 radical (unpaired) electrons. The van der Waals surface area contributed by atoms with Crippen LogP contribution in [0.1, 0.15) is 6.42 Å². The van der Waals surface area contributed by atoms with Crippen molar-refractivity contribution in [2.24, 2.45) is 5.92 Å². The Kier molecular flexibility index (Phi) is 5.06. The van der Waals surface area contributed by atoms with Crippen LogP contribution in [0.2, 0.25) is 0 Å². The summed E-state index contributed by atoms with van der Waals surface area (Å²) in [6, 6.07) is 0. The van der Waals surface area contributed by atoms with Gasteiger partial charge in [0, 0.05) is 19.5 Å². The van der Waals surface area contributed by atoms with Gasteiger partial charge in [-0.05, 0) is 0 Å². The minimum absolute atomic E-state index is 0.0189. The Morgan fingerprint density at radius 2 is 2.40 bits per heavy atom. The van der Waals surface area contributed by atoms with Gasteiger partial charge in [-0.3, -0.25) is 9.59 Å². The van der Waals surface area contributed by atoms with Crippen LogP contribution in [0, 0.1) is 5.92 Å². The Labute approximate surface area is 88.0 Å². The van der Waals surface area contributed by atoms with Gasteiger partial charge < -0.3 is 20.5 Å². The third kappa shape index (κ3) is 4.26. The fourth-order valence-electron chi connectivity index (χ4n) is 1.35. The molecule has 3 N–H and O–H groups in total. The molecule has 1 aliphatic rings. The maximum atomic E-state index is 11.4. The van der Waals surface area contributed by atoms with Crippen molar-refractivity contribution >= 4 is 11.8 Å². The molecule has 1 fully saturated rings. The van der Waals surface area contributed by atoms with Crippen molar-refractivity contribution in [1.29, 1.82) is 0 Å². The fraction of sp³-hybridized carbons (Fsp3) is 0.778. The quantitative estimate of drug-likeness (QED) is 0.459. The number of hydrogen-bond acceptors (Lipinski definition) is 4. The monoisotopic (exact) mass is 216 g/mol. The maximum Gasteiger partial charge on any atom is 0.225 e. The lowest BCUT2D eigenvalue weighted by Gasteiger charge is -2.08. The lowest BCUT2D eigenvalue weighted by Crippen LogP contribution is -2.34. The molecule has 1 rings (SSSR count). The van der Waals surface area contributed by atoms with Crippen LogP contribution in [0.3, 0.4) is 0 Å². The van der Waals surface area contributed by atoms with Gasteiger partial charge in [-0.25, -0.2) is 0 Å². The van der Waals surface area contributed by atoms with Crippen molar-refractivity contribution < 1.29 is 19.4 Å². The zero-order valence-electron chi connectivity index (χ0n) is 8.49. The number of carbonyl (C=O) groups is 2. The zero-order valence-corrected chi connectivity index (χ0v) is 8.49. The van der Waals surface area contributed by atoms with E-state index in [0.717, 1.165) is 0 Å². The van der Waals surface area contributed by atoms with Crippen molar-refractivity contribution in [2.75, 3.05) is 32.9 Å². The van der Waals surface area contributed by atoms with Gasteiger partial charge in [-0.2, -0.15) is 0 Å². The SMILES string of the molecule is O=C1CC(C(=O)NCCOCCO)CN1. The third-order valence-electron chi connectivity index (χ3n) is 2.13. The molecule has 86 valence electrons. The molecule has 1 heterocycles. The van der Waals surface area contributed by atoms with Crippen LogP contribution in [-0.4, -0.2) is 49.8 Å². The Morgan fingerprint density at radius 1 is 1.60 bits per heavy atom. The third-order valence-corrected chi connectivity index (χ3v) is 2.13. The van der Waals surface area contributed by atoms with Gasteiger partial charge >= 0.3 is 0 Å². The summed E-state index contributed by atoms with van der Waals surface area (Å²) in [6.45, 7) is 1.46. The second kappa shape index (κ2) is 6.36. The number of hydrogen-bond donors (Lipinski definition) is 3. The van der Waals surface area contributed by atoms with Gasteiger partial charge in [0.15, 0.2) is 0 Å². The molecule has 1 unspecified atom stereocenters. The average molecular weight is 216 g/mol. The predicted octanol–water partition coefficient (Wildman–Crippen LogP) is -1.75. The minimum atomic E-state index is -0.254. The van der Waals surface area contributed by atoms with Crippen LogP contribution in [0.15, 0.2) is 0 Å². The summed E-state index contributed by atoms with van der Waals surface area (Å²) in [5, 5.41) is 13.7. The molecule has 1 aliphatic heterocycles. The Hall–Kier alpha value is -1.14. The highest BCUT2D eigenvalue weighted by Crippen LogP contribution is 2.07. The number of carbonyl (C=O) groups excluding carboxylic acids is 2. The second-order valence-electron chi connectivity index (χ2n) is 3.33. The van der Waals surface area contributed by atoms with E-state index in [4.69, 9.17) is 9.84 Å². The van der Waals surface area contributed by atoms with Crippen LogP contribution >= 0.6 is 0 Å². The molecular weight excluding hydrogens is 200 g/mol. The van der Waals surface area contributed by atoms with Crippen LogP contribution in [0.5, 0.6) is 0 Å². The van der Waals surface area contributed by atoms with Crippen molar-refractivity contribution in [1.82, 2.24) is 10.6 Å². The molecule has 2 amide bonds. The Bertz CT molecular complexity index is 232. The van der Waals surface area contributed by atoms with E-state index in [1.807, 2.05) is 0 Å². The Morgan fingerprint density at radius 3 is 3.00 bits per heavy atom. The lowest BCUT2D eigenvalue weighted by atomic mass is 10.1. The highest BCUT2D eigenvalue weighted by Gasteiger charge is 2.27. The molecule has 1 atom stereocenters. The first kappa shape index (κ1) is 11.9. The minimum Gasteiger partial charge on any atom is -0.394 e. The molecule has 0 aliphatic carbocycles. The highest BCUT2D eigenvalue weighted by molar-refractivity contribution is 5.89. The predicted molar refractivity (Wildman–Crippen MR) is 52.0 cm³/mol. The van der Waals surface area contributed by atoms with Gasteiger partial charge in [0.25, 0.3) is 0 Å². The van der Waals surface area contributed by atoms with Crippen molar-refractivity contribution in [3.63, 3.8) is 0 Å². The van der Waals surface area contributed by atoms with Crippen LogP contribution in [0.25, 0.3) is 0 Å². The van der Waals surface area contributed by atoms with Gasteiger partial charge in [0.05, 0.1) is 25.7 Å². The molecule has 6 nitrogen and oxygen atoms in total. The van der Waals surface area contributed by atoms with Crippen LogP contribution < -0.4 is 10.6 Å². The number of nitrogens with one attached hydrogen (secondary N) is 2. The largest absolute Gasteiger partial charge is 0.394 e. The molecule has 0 bridgehead atoms. The number of ether oxygens (including phenoxy) is 1. The lowest BCUT2D eigenvalue weighted by molar-refractivity contribution is -0.126. The van der Waals surface area contributed by atoms with E-state index in [-0.39, 0.29) is 37.4 Å². The van der Waals surface area contributed by atoms with Gasteiger partial charge in [0.2, 0.25) is 11.8 Å². The van der Waals surface area contributed by atoms with Crippen molar-refractivity contribution in [2.45, 2.75) is 6.42 Å². The normalized spacial score (nSPS) is 20.1. The zero-order chi connectivity index (χ0) is 11.1. The summed E-state index contributed by atoms with van der Waals surface area (Å²) >= 11 is 0. The molecule has 0 aromatic rings. The molecule has 0 aromatic heterocycles. The fourth-order valence-corrected chi connectivity index (χ4v) is 1.35. The topological polar surface area (TPSA) is 87.7 Å². The summed E-state index contributed by atoms with van der Waals surface area (Å²) in [6.07, 6.45) is 0.267. The summed E-state index contributed by atoms with van der Waals surface area (Å²) in [5.41, 5.74) is 0. The standard InChI is InChI=1S/C9H16N2O4/c12-2-4-15-3-1-10-9(14)7-5-8(13)11-6-7/h7,12H,1-6H2,(H,10,14)(H,11,13). The molecule has 0 aromatic carbocycles. The van der Waals surface area contributed by atoms with E-state index < -0.39 is 0 Å². The average Bonchev–Trinajstić information content (AvgIpc) is 2.64. The maximum absolute atomic E-state index is 11.4. The van der Waals surface area contributed by atoms with E-state index in [0.29, 0.717) is 19.7 Å². The van der Waals surface area contributed by atoms with E-state index in [2.05, 4.69) is 10.6 Å². The molecular formula is C9H16N2O4. The summed E-state index contributed by atoms with van der Waals surface area (Å²) in [5.74, 6) is -0.456. The molecule has 0 spiro atoms.